The Hall–Kier alpha value is -2.68. The van der Waals surface area contributed by atoms with E-state index in [9.17, 15) is 9.59 Å². The fourth-order valence-electron chi connectivity index (χ4n) is 2.83. The number of esters is 1. The van der Waals surface area contributed by atoms with Crippen LogP contribution in [0.4, 0.5) is 0 Å². The van der Waals surface area contributed by atoms with Gasteiger partial charge in [0.1, 0.15) is 17.1 Å². The van der Waals surface area contributed by atoms with Crippen LogP contribution >= 0.6 is 0 Å². The summed E-state index contributed by atoms with van der Waals surface area (Å²) >= 11 is 0. The van der Waals surface area contributed by atoms with Gasteiger partial charge in [0.05, 0.1) is 25.9 Å². The van der Waals surface area contributed by atoms with Gasteiger partial charge in [0, 0.05) is 0 Å². The first-order valence-corrected chi connectivity index (χ1v) is 8.17. The second kappa shape index (κ2) is 7.47. The highest BCUT2D eigenvalue weighted by Crippen LogP contribution is 2.17. The van der Waals surface area contributed by atoms with E-state index in [0.29, 0.717) is 17.1 Å². The number of nitrogens with zero attached hydrogens (tertiary/aromatic N) is 3. The van der Waals surface area contributed by atoms with Crippen LogP contribution < -0.4 is 10.6 Å². The minimum Gasteiger partial charge on any atom is -0.465 e. The Morgan fingerprint density at radius 2 is 2.20 bits per heavy atom. The summed E-state index contributed by atoms with van der Waals surface area (Å²) in [5.41, 5.74) is 0.610. The molecule has 3 heterocycles. The minimum absolute atomic E-state index is 0.150. The Labute approximate surface area is 144 Å². The maximum atomic E-state index is 12.2. The fourth-order valence-corrected chi connectivity index (χ4v) is 2.83. The molecule has 2 aromatic rings. The SMILES string of the molecule is COC(=O)c1cc(CNC(=O)c2cn(C3CCNCC3)nn2)oc1C. The number of piperidine rings is 1. The summed E-state index contributed by atoms with van der Waals surface area (Å²) < 4.78 is 11.9. The number of carbonyl (C=O) groups is 2. The summed E-state index contributed by atoms with van der Waals surface area (Å²) in [6.45, 7) is 3.69. The molecule has 134 valence electrons. The van der Waals surface area contributed by atoms with E-state index in [1.807, 2.05) is 0 Å². The Kier molecular flexibility index (Phi) is 5.13. The number of carbonyl (C=O) groups excluding carboxylic acids is 2. The third kappa shape index (κ3) is 3.87. The molecule has 0 atom stereocenters. The lowest BCUT2D eigenvalue weighted by atomic mass is 10.1. The Balaban J connectivity index is 1.59. The molecule has 2 aromatic heterocycles. The highest BCUT2D eigenvalue weighted by Gasteiger charge is 2.19. The van der Waals surface area contributed by atoms with Crippen LogP contribution in [-0.4, -0.2) is 47.1 Å². The standard InChI is InChI=1S/C16H21N5O4/c1-10-13(16(23)24-2)7-12(25-10)8-18-15(22)14-9-21(20-19-14)11-3-5-17-6-4-11/h7,9,11,17H,3-6,8H2,1-2H3,(H,18,22). The molecule has 9 heteroatoms. The summed E-state index contributed by atoms with van der Waals surface area (Å²) in [5, 5.41) is 14.0. The number of aryl methyl sites for hydroxylation is 1. The van der Waals surface area contributed by atoms with Crippen molar-refractivity contribution in [2.75, 3.05) is 20.2 Å². The van der Waals surface area contributed by atoms with E-state index >= 15 is 0 Å². The first-order chi connectivity index (χ1) is 12.1. The van der Waals surface area contributed by atoms with Crippen molar-refractivity contribution in [2.45, 2.75) is 32.4 Å². The monoisotopic (exact) mass is 347 g/mol. The lowest BCUT2D eigenvalue weighted by Gasteiger charge is -2.22. The van der Waals surface area contributed by atoms with Crippen molar-refractivity contribution in [1.82, 2.24) is 25.6 Å². The number of amides is 1. The highest BCUT2D eigenvalue weighted by atomic mass is 16.5. The highest BCUT2D eigenvalue weighted by molar-refractivity contribution is 5.92. The maximum Gasteiger partial charge on any atom is 0.341 e. The molecule has 1 saturated heterocycles. The first kappa shape index (κ1) is 17.2. The van der Waals surface area contributed by atoms with Crippen molar-refractivity contribution in [2.24, 2.45) is 0 Å². The Morgan fingerprint density at radius 3 is 2.92 bits per heavy atom. The first-order valence-electron chi connectivity index (χ1n) is 8.17. The summed E-state index contributed by atoms with van der Waals surface area (Å²) in [4.78, 5) is 23.8. The van der Waals surface area contributed by atoms with E-state index in [-0.39, 0.29) is 24.2 Å². The normalized spacial score (nSPS) is 15.1. The number of rotatable bonds is 5. The van der Waals surface area contributed by atoms with Crippen LogP contribution in [0.2, 0.25) is 0 Å². The second-order valence-electron chi connectivity index (χ2n) is 5.92. The number of furan rings is 1. The van der Waals surface area contributed by atoms with Crippen molar-refractivity contribution in [3.05, 3.63) is 35.0 Å². The number of aromatic nitrogens is 3. The smallest absolute Gasteiger partial charge is 0.341 e. The molecule has 0 unspecified atom stereocenters. The van der Waals surface area contributed by atoms with E-state index in [1.165, 1.54) is 7.11 Å². The molecule has 9 nitrogen and oxygen atoms in total. The van der Waals surface area contributed by atoms with Gasteiger partial charge in [-0.05, 0) is 38.9 Å². The van der Waals surface area contributed by atoms with E-state index in [2.05, 4.69) is 25.7 Å². The molecule has 25 heavy (non-hydrogen) atoms. The van der Waals surface area contributed by atoms with Crippen LogP contribution in [0.3, 0.4) is 0 Å². The van der Waals surface area contributed by atoms with Gasteiger partial charge in [0.15, 0.2) is 5.69 Å². The van der Waals surface area contributed by atoms with Crippen molar-refractivity contribution in [3.63, 3.8) is 0 Å². The number of hydrogen-bond donors (Lipinski definition) is 2. The van der Waals surface area contributed by atoms with Gasteiger partial charge in [-0.25, -0.2) is 9.48 Å². The van der Waals surface area contributed by atoms with E-state index in [1.54, 1.807) is 23.9 Å². The van der Waals surface area contributed by atoms with Gasteiger partial charge in [-0.1, -0.05) is 5.21 Å². The zero-order valence-electron chi connectivity index (χ0n) is 14.2. The molecular formula is C16H21N5O4. The number of nitrogens with one attached hydrogen (secondary N) is 2. The molecule has 0 aliphatic carbocycles. The molecule has 0 radical (unpaired) electrons. The van der Waals surface area contributed by atoms with Gasteiger partial charge in [0.25, 0.3) is 5.91 Å². The van der Waals surface area contributed by atoms with E-state index < -0.39 is 5.97 Å². The maximum absolute atomic E-state index is 12.2. The third-order valence-corrected chi connectivity index (χ3v) is 4.22. The van der Waals surface area contributed by atoms with Crippen LogP contribution in [0.25, 0.3) is 0 Å². The lowest BCUT2D eigenvalue weighted by Crippen LogP contribution is -2.29. The molecule has 0 aromatic carbocycles. The van der Waals surface area contributed by atoms with Gasteiger partial charge in [-0.3, -0.25) is 4.79 Å². The summed E-state index contributed by atoms with van der Waals surface area (Å²) in [6, 6.07) is 1.83. The molecule has 2 N–H and O–H groups in total. The molecule has 3 rings (SSSR count). The Morgan fingerprint density at radius 1 is 1.44 bits per heavy atom. The topological polar surface area (TPSA) is 111 Å². The minimum atomic E-state index is -0.469. The zero-order valence-corrected chi connectivity index (χ0v) is 14.2. The van der Waals surface area contributed by atoms with Gasteiger partial charge in [0.2, 0.25) is 0 Å². The molecule has 1 aliphatic rings. The van der Waals surface area contributed by atoms with E-state index in [0.717, 1.165) is 25.9 Å². The van der Waals surface area contributed by atoms with Gasteiger partial charge in [-0.15, -0.1) is 5.10 Å². The zero-order chi connectivity index (χ0) is 17.8. The molecular weight excluding hydrogens is 326 g/mol. The van der Waals surface area contributed by atoms with Gasteiger partial charge >= 0.3 is 5.97 Å². The molecule has 1 amide bonds. The molecule has 1 aliphatic heterocycles. The molecule has 1 fully saturated rings. The number of ether oxygens (including phenoxy) is 1. The summed E-state index contributed by atoms with van der Waals surface area (Å²) in [6.07, 6.45) is 3.59. The van der Waals surface area contributed by atoms with Crippen molar-refractivity contribution in [1.29, 1.82) is 0 Å². The summed E-state index contributed by atoms with van der Waals surface area (Å²) in [7, 11) is 1.31. The second-order valence-corrected chi connectivity index (χ2v) is 5.92. The van der Waals surface area contributed by atoms with Crippen molar-refractivity contribution in [3.8, 4) is 0 Å². The average molecular weight is 347 g/mol. The number of methoxy groups -OCH3 is 1. The summed E-state index contributed by atoms with van der Waals surface area (Å²) in [5.74, 6) is 0.113. The van der Waals surface area contributed by atoms with Gasteiger partial charge < -0.3 is 19.8 Å². The molecule has 0 spiro atoms. The average Bonchev–Trinajstić information content (AvgIpc) is 3.27. The van der Waals surface area contributed by atoms with Crippen LogP contribution in [-0.2, 0) is 11.3 Å². The van der Waals surface area contributed by atoms with Crippen LogP contribution in [0, 0.1) is 6.92 Å². The van der Waals surface area contributed by atoms with E-state index in [4.69, 9.17) is 4.42 Å². The largest absolute Gasteiger partial charge is 0.465 e. The van der Waals surface area contributed by atoms with Crippen LogP contribution in [0.1, 0.15) is 51.3 Å². The Bertz CT molecular complexity index is 760. The quantitative estimate of drug-likeness (QED) is 0.770. The lowest BCUT2D eigenvalue weighted by molar-refractivity contribution is 0.0598. The molecule has 0 saturated carbocycles. The fraction of sp³-hybridized carbons (Fsp3) is 0.500. The van der Waals surface area contributed by atoms with Gasteiger partial charge in [-0.2, -0.15) is 0 Å². The van der Waals surface area contributed by atoms with Crippen LogP contribution in [0.5, 0.6) is 0 Å². The molecule has 0 bridgehead atoms. The van der Waals surface area contributed by atoms with Crippen LogP contribution in [0.15, 0.2) is 16.7 Å². The number of hydrogen-bond acceptors (Lipinski definition) is 7. The predicted octanol–water partition coefficient (Wildman–Crippen LogP) is 0.821. The predicted molar refractivity (Wildman–Crippen MR) is 87.1 cm³/mol. The third-order valence-electron chi connectivity index (χ3n) is 4.22. The van der Waals surface area contributed by atoms with Crippen molar-refractivity contribution >= 4 is 11.9 Å². The van der Waals surface area contributed by atoms with Crippen molar-refractivity contribution < 1.29 is 18.7 Å².